The van der Waals surface area contributed by atoms with E-state index in [1.54, 1.807) is 6.33 Å². The number of likely N-dealkylation sites (N-methyl/N-ethyl adjacent to an activating group) is 1. The van der Waals surface area contributed by atoms with Crippen LogP contribution in [0.4, 0.5) is 0 Å². The van der Waals surface area contributed by atoms with Gasteiger partial charge in [-0.3, -0.25) is 4.68 Å². The highest BCUT2D eigenvalue weighted by Gasteiger charge is 2.25. The number of hydrogen-bond acceptors (Lipinski definition) is 5. The molecule has 2 heterocycles. The van der Waals surface area contributed by atoms with Gasteiger partial charge in [-0.05, 0) is 13.5 Å². The van der Waals surface area contributed by atoms with Gasteiger partial charge in [-0.25, -0.2) is 4.98 Å². The lowest BCUT2D eigenvalue weighted by molar-refractivity contribution is -0.0323. The van der Waals surface area contributed by atoms with Gasteiger partial charge in [0.1, 0.15) is 12.2 Å². The summed E-state index contributed by atoms with van der Waals surface area (Å²) in [5, 5.41) is 4.22. The van der Waals surface area contributed by atoms with Gasteiger partial charge in [0.2, 0.25) is 0 Å². The molecule has 0 bridgehead atoms. The fraction of sp³-hybridized carbons (Fsp3) is 0.833. The van der Waals surface area contributed by atoms with E-state index in [1.165, 1.54) is 0 Å². The van der Waals surface area contributed by atoms with E-state index in [-0.39, 0.29) is 12.1 Å². The molecule has 1 aliphatic heterocycles. The number of rotatable bonds is 5. The fourth-order valence-electron chi connectivity index (χ4n) is 2.26. The maximum Gasteiger partial charge on any atom is 0.138 e. The third kappa shape index (κ3) is 3.28. The van der Waals surface area contributed by atoms with Crippen LogP contribution in [-0.4, -0.2) is 58.6 Å². The summed E-state index contributed by atoms with van der Waals surface area (Å²) < 4.78 is 7.67. The Kier molecular flexibility index (Phi) is 4.68. The lowest BCUT2D eigenvalue weighted by Gasteiger charge is -2.33. The average molecular weight is 253 g/mol. The smallest absolute Gasteiger partial charge is 0.138 e. The summed E-state index contributed by atoms with van der Waals surface area (Å²) in [4.78, 5) is 6.55. The lowest BCUT2D eigenvalue weighted by atomic mass is 10.1. The number of ether oxygens (including phenoxy) is 1. The van der Waals surface area contributed by atoms with E-state index in [9.17, 15) is 0 Å². The standard InChI is InChI=1S/C12H23N5O/c1-3-4-17-12(14-9-15-17)7-10(13)11-8-16(2)5-6-18-11/h9-11H,3-8,13H2,1-2H3. The number of nitrogens with two attached hydrogens (primary N) is 1. The molecule has 1 fully saturated rings. The van der Waals surface area contributed by atoms with Crippen molar-refractivity contribution < 1.29 is 4.74 Å². The Morgan fingerprint density at radius 1 is 1.61 bits per heavy atom. The zero-order chi connectivity index (χ0) is 13.0. The molecule has 1 aromatic heterocycles. The predicted molar refractivity (Wildman–Crippen MR) is 69.2 cm³/mol. The van der Waals surface area contributed by atoms with E-state index >= 15 is 0 Å². The van der Waals surface area contributed by atoms with Crippen molar-refractivity contribution in [3.63, 3.8) is 0 Å². The van der Waals surface area contributed by atoms with Crippen LogP contribution in [0.1, 0.15) is 19.2 Å². The molecule has 6 nitrogen and oxygen atoms in total. The van der Waals surface area contributed by atoms with Crippen LogP contribution >= 0.6 is 0 Å². The molecule has 0 aromatic carbocycles. The Labute approximate surface area is 108 Å². The van der Waals surface area contributed by atoms with Gasteiger partial charge in [-0.15, -0.1) is 0 Å². The summed E-state index contributed by atoms with van der Waals surface area (Å²) in [5.41, 5.74) is 6.23. The monoisotopic (exact) mass is 253 g/mol. The van der Waals surface area contributed by atoms with Gasteiger partial charge in [-0.1, -0.05) is 6.92 Å². The Morgan fingerprint density at radius 2 is 2.44 bits per heavy atom. The van der Waals surface area contributed by atoms with Crippen LogP contribution in [0.5, 0.6) is 0 Å². The topological polar surface area (TPSA) is 69.2 Å². The van der Waals surface area contributed by atoms with Crippen LogP contribution in [0.3, 0.4) is 0 Å². The van der Waals surface area contributed by atoms with Gasteiger partial charge in [0, 0.05) is 32.1 Å². The number of morpholine rings is 1. The molecule has 0 aliphatic carbocycles. The Hall–Kier alpha value is -0.980. The number of aromatic nitrogens is 3. The molecule has 18 heavy (non-hydrogen) atoms. The number of aryl methyl sites for hydroxylation is 1. The van der Waals surface area contributed by atoms with Crippen molar-refractivity contribution in [2.45, 2.75) is 38.5 Å². The summed E-state index contributed by atoms with van der Waals surface area (Å²) in [5.74, 6) is 0.959. The van der Waals surface area contributed by atoms with Crippen LogP contribution in [0.25, 0.3) is 0 Å². The summed E-state index contributed by atoms with van der Waals surface area (Å²) in [6.45, 7) is 5.66. The molecule has 0 saturated carbocycles. The van der Waals surface area contributed by atoms with Crippen LogP contribution in [0.15, 0.2) is 6.33 Å². The summed E-state index contributed by atoms with van der Waals surface area (Å²) in [6, 6.07) is -0.0208. The van der Waals surface area contributed by atoms with Gasteiger partial charge >= 0.3 is 0 Å². The van der Waals surface area contributed by atoms with Crippen molar-refractivity contribution in [2.75, 3.05) is 26.7 Å². The molecule has 102 valence electrons. The molecule has 1 saturated heterocycles. The zero-order valence-corrected chi connectivity index (χ0v) is 11.2. The van der Waals surface area contributed by atoms with Crippen molar-refractivity contribution in [3.8, 4) is 0 Å². The van der Waals surface area contributed by atoms with Gasteiger partial charge in [0.25, 0.3) is 0 Å². The van der Waals surface area contributed by atoms with Crippen LogP contribution < -0.4 is 5.73 Å². The molecule has 2 rings (SSSR count). The molecule has 1 aromatic rings. The molecular formula is C12H23N5O. The lowest BCUT2D eigenvalue weighted by Crippen LogP contribution is -2.50. The average Bonchev–Trinajstić information content (AvgIpc) is 2.77. The van der Waals surface area contributed by atoms with Crippen LogP contribution in [0.2, 0.25) is 0 Å². The second-order valence-electron chi connectivity index (χ2n) is 4.94. The summed E-state index contributed by atoms with van der Waals surface area (Å²) in [6.07, 6.45) is 3.47. The van der Waals surface area contributed by atoms with Gasteiger partial charge in [-0.2, -0.15) is 5.10 Å². The van der Waals surface area contributed by atoms with E-state index in [0.29, 0.717) is 0 Å². The third-order valence-corrected chi connectivity index (χ3v) is 3.32. The fourth-order valence-corrected chi connectivity index (χ4v) is 2.26. The second-order valence-corrected chi connectivity index (χ2v) is 4.94. The Bertz CT molecular complexity index is 367. The van der Waals surface area contributed by atoms with Crippen LogP contribution in [0, 0.1) is 0 Å². The van der Waals surface area contributed by atoms with E-state index in [2.05, 4.69) is 29.0 Å². The van der Waals surface area contributed by atoms with Crippen molar-refractivity contribution in [3.05, 3.63) is 12.2 Å². The number of nitrogens with zero attached hydrogens (tertiary/aromatic N) is 4. The zero-order valence-electron chi connectivity index (χ0n) is 11.2. The highest BCUT2D eigenvalue weighted by atomic mass is 16.5. The summed E-state index contributed by atoms with van der Waals surface area (Å²) >= 11 is 0. The molecule has 2 N–H and O–H groups in total. The molecule has 6 heteroatoms. The first kappa shape index (κ1) is 13.5. The van der Waals surface area contributed by atoms with Crippen molar-refractivity contribution in [1.29, 1.82) is 0 Å². The quantitative estimate of drug-likeness (QED) is 0.793. The van der Waals surface area contributed by atoms with Crippen LogP contribution in [-0.2, 0) is 17.7 Å². The highest BCUT2D eigenvalue weighted by Crippen LogP contribution is 2.10. The summed E-state index contributed by atoms with van der Waals surface area (Å²) in [7, 11) is 2.10. The Balaban J connectivity index is 1.93. The van der Waals surface area contributed by atoms with E-state index in [4.69, 9.17) is 10.5 Å². The van der Waals surface area contributed by atoms with Crippen molar-refractivity contribution in [1.82, 2.24) is 19.7 Å². The minimum absolute atomic E-state index is 0.0208. The predicted octanol–water partition coefficient (Wildman–Crippen LogP) is -0.111. The first-order valence-corrected chi connectivity index (χ1v) is 6.63. The normalized spacial score (nSPS) is 23.2. The SMILES string of the molecule is CCCn1ncnc1CC(N)C1CN(C)CCO1. The van der Waals surface area contributed by atoms with E-state index in [1.807, 2.05) is 4.68 Å². The molecule has 2 unspecified atom stereocenters. The maximum absolute atomic E-state index is 6.23. The molecule has 2 atom stereocenters. The van der Waals surface area contributed by atoms with E-state index in [0.717, 1.165) is 44.9 Å². The second kappa shape index (κ2) is 6.26. The van der Waals surface area contributed by atoms with Crippen molar-refractivity contribution in [2.24, 2.45) is 5.73 Å². The van der Waals surface area contributed by atoms with E-state index < -0.39 is 0 Å². The largest absolute Gasteiger partial charge is 0.374 e. The minimum atomic E-state index is -0.0208. The van der Waals surface area contributed by atoms with Gasteiger partial charge < -0.3 is 15.4 Å². The Morgan fingerprint density at radius 3 is 3.17 bits per heavy atom. The molecule has 1 aliphatic rings. The molecule has 0 radical (unpaired) electrons. The molecule has 0 spiro atoms. The number of hydrogen-bond donors (Lipinski definition) is 1. The first-order valence-electron chi connectivity index (χ1n) is 6.63. The van der Waals surface area contributed by atoms with Gasteiger partial charge in [0.05, 0.1) is 12.7 Å². The molecular weight excluding hydrogens is 230 g/mol. The third-order valence-electron chi connectivity index (χ3n) is 3.32. The first-order chi connectivity index (χ1) is 8.70. The maximum atomic E-state index is 6.23. The molecule has 0 amide bonds. The minimum Gasteiger partial charge on any atom is -0.374 e. The van der Waals surface area contributed by atoms with Crippen molar-refractivity contribution >= 4 is 0 Å². The highest BCUT2D eigenvalue weighted by molar-refractivity contribution is 4.93. The van der Waals surface area contributed by atoms with Gasteiger partial charge in [0.15, 0.2) is 0 Å².